The van der Waals surface area contributed by atoms with Crippen molar-refractivity contribution in [2.45, 2.75) is 46.1 Å². The van der Waals surface area contributed by atoms with Gasteiger partial charge in [-0.1, -0.05) is 0 Å². The molecule has 0 aromatic rings. The quantitative estimate of drug-likeness (QED) is 0.869. The third-order valence-corrected chi connectivity index (χ3v) is 3.47. The van der Waals surface area contributed by atoms with E-state index in [9.17, 15) is 9.59 Å². The summed E-state index contributed by atoms with van der Waals surface area (Å²) in [6, 6.07) is 0.0106. The molecule has 1 saturated heterocycles. The molecular weight excluding hydrogens is 270 g/mol. The number of piperidine rings is 1. The van der Waals surface area contributed by atoms with Crippen molar-refractivity contribution in [3.63, 3.8) is 0 Å². The van der Waals surface area contributed by atoms with Crippen molar-refractivity contribution >= 4 is 12.1 Å². The van der Waals surface area contributed by atoms with E-state index in [1.54, 1.807) is 11.9 Å². The van der Waals surface area contributed by atoms with Gasteiger partial charge in [-0.05, 0) is 46.5 Å². The Balaban J connectivity index is 2.35. The number of rotatable bonds is 3. The SMILES string of the molecule is CCNC(=O)N1CCC(CN(C)C(=O)OC(C)(C)C)CC1. The lowest BCUT2D eigenvalue weighted by molar-refractivity contribution is 0.0254. The van der Waals surface area contributed by atoms with Crippen LogP contribution in [0, 0.1) is 5.92 Å². The molecule has 122 valence electrons. The molecule has 0 radical (unpaired) electrons. The zero-order chi connectivity index (χ0) is 16.0. The molecule has 0 atom stereocenters. The van der Waals surface area contributed by atoms with Gasteiger partial charge in [0.2, 0.25) is 0 Å². The van der Waals surface area contributed by atoms with Gasteiger partial charge < -0.3 is 19.9 Å². The third-order valence-electron chi connectivity index (χ3n) is 3.47. The van der Waals surface area contributed by atoms with E-state index in [0.717, 1.165) is 25.9 Å². The molecule has 3 amide bonds. The van der Waals surface area contributed by atoms with Gasteiger partial charge in [0.05, 0.1) is 0 Å². The summed E-state index contributed by atoms with van der Waals surface area (Å²) >= 11 is 0. The standard InChI is InChI=1S/C15H29N3O3/c1-6-16-13(19)18-9-7-12(8-10-18)11-17(5)14(20)21-15(2,3)4/h12H,6-11H2,1-5H3,(H,16,19). The van der Waals surface area contributed by atoms with Crippen LogP contribution in [0.5, 0.6) is 0 Å². The normalized spacial score (nSPS) is 16.5. The van der Waals surface area contributed by atoms with Gasteiger partial charge >= 0.3 is 12.1 Å². The molecule has 1 aliphatic rings. The number of likely N-dealkylation sites (tertiary alicyclic amines) is 1. The summed E-state index contributed by atoms with van der Waals surface area (Å²) in [6.45, 7) is 10.3. The lowest BCUT2D eigenvalue weighted by Gasteiger charge is -2.34. The molecule has 0 aromatic carbocycles. The average molecular weight is 299 g/mol. The first-order valence-electron chi connectivity index (χ1n) is 7.70. The van der Waals surface area contributed by atoms with E-state index in [2.05, 4.69) is 5.32 Å². The minimum Gasteiger partial charge on any atom is -0.444 e. The molecule has 0 spiro atoms. The van der Waals surface area contributed by atoms with Gasteiger partial charge in [-0.2, -0.15) is 0 Å². The van der Waals surface area contributed by atoms with Crippen LogP contribution in [0.25, 0.3) is 0 Å². The van der Waals surface area contributed by atoms with Gasteiger partial charge in [-0.15, -0.1) is 0 Å². The second kappa shape index (κ2) is 7.52. The van der Waals surface area contributed by atoms with E-state index in [0.29, 0.717) is 19.0 Å². The minimum atomic E-state index is -0.465. The lowest BCUT2D eigenvalue weighted by atomic mass is 9.96. The zero-order valence-corrected chi connectivity index (χ0v) is 13.9. The first-order chi connectivity index (χ1) is 9.73. The maximum absolute atomic E-state index is 11.9. The molecule has 0 aliphatic carbocycles. The van der Waals surface area contributed by atoms with E-state index in [1.807, 2.05) is 32.6 Å². The topological polar surface area (TPSA) is 61.9 Å². The van der Waals surface area contributed by atoms with Crippen molar-refractivity contribution in [1.29, 1.82) is 0 Å². The van der Waals surface area contributed by atoms with E-state index in [4.69, 9.17) is 4.74 Å². The molecule has 6 nitrogen and oxygen atoms in total. The van der Waals surface area contributed by atoms with Gasteiger partial charge in [0.15, 0.2) is 0 Å². The highest BCUT2D eigenvalue weighted by Crippen LogP contribution is 2.19. The number of nitrogens with one attached hydrogen (secondary N) is 1. The average Bonchev–Trinajstić information content (AvgIpc) is 2.37. The van der Waals surface area contributed by atoms with Crippen molar-refractivity contribution in [3.8, 4) is 0 Å². The van der Waals surface area contributed by atoms with Crippen LogP contribution in [0.1, 0.15) is 40.5 Å². The monoisotopic (exact) mass is 299 g/mol. The van der Waals surface area contributed by atoms with Crippen LogP contribution in [0.3, 0.4) is 0 Å². The van der Waals surface area contributed by atoms with Crippen LogP contribution >= 0.6 is 0 Å². The Morgan fingerprint density at radius 1 is 1.29 bits per heavy atom. The molecule has 1 N–H and O–H groups in total. The summed E-state index contributed by atoms with van der Waals surface area (Å²) < 4.78 is 5.34. The fourth-order valence-electron chi connectivity index (χ4n) is 2.38. The number of hydrogen-bond donors (Lipinski definition) is 1. The molecular formula is C15H29N3O3. The Morgan fingerprint density at radius 3 is 2.33 bits per heavy atom. The van der Waals surface area contributed by atoms with Crippen LogP contribution in [0.15, 0.2) is 0 Å². The van der Waals surface area contributed by atoms with Crippen LogP contribution in [-0.4, -0.2) is 60.8 Å². The van der Waals surface area contributed by atoms with Gasteiger partial charge in [-0.3, -0.25) is 0 Å². The first kappa shape index (κ1) is 17.6. The predicted molar refractivity (Wildman–Crippen MR) is 82.2 cm³/mol. The molecule has 1 heterocycles. The van der Waals surface area contributed by atoms with Crippen molar-refractivity contribution in [2.24, 2.45) is 5.92 Å². The van der Waals surface area contributed by atoms with Gasteiger partial charge in [0, 0.05) is 33.2 Å². The third kappa shape index (κ3) is 6.23. The summed E-state index contributed by atoms with van der Waals surface area (Å²) in [4.78, 5) is 27.1. The summed E-state index contributed by atoms with van der Waals surface area (Å²) in [7, 11) is 1.77. The van der Waals surface area contributed by atoms with Crippen molar-refractivity contribution in [3.05, 3.63) is 0 Å². The van der Waals surface area contributed by atoms with E-state index in [-0.39, 0.29) is 12.1 Å². The van der Waals surface area contributed by atoms with Gasteiger partial charge in [0.1, 0.15) is 5.60 Å². The summed E-state index contributed by atoms with van der Waals surface area (Å²) in [5.74, 6) is 0.424. The van der Waals surface area contributed by atoms with Gasteiger partial charge in [-0.25, -0.2) is 9.59 Å². The van der Waals surface area contributed by atoms with E-state index >= 15 is 0 Å². The largest absolute Gasteiger partial charge is 0.444 e. The first-order valence-corrected chi connectivity index (χ1v) is 7.70. The lowest BCUT2D eigenvalue weighted by Crippen LogP contribution is -2.46. The van der Waals surface area contributed by atoms with E-state index < -0.39 is 5.60 Å². The van der Waals surface area contributed by atoms with Crippen LogP contribution in [-0.2, 0) is 4.74 Å². The number of nitrogens with zero attached hydrogens (tertiary/aromatic N) is 2. The molecule has 1 aliphatic heterocycles. The van der Waals surface area contributed by atoms with Crippen LogP contribution in [0.4, 0.5) is 9.59 Å². The van der Waals surface area contributed by atoms with Crippen LogP contribution < -0.4 is 5.32 Å². The summed E-state index contributed by atoms with van der Waals surface area (Å²) in [6.07, 6.45) is 1.56. The summed E-state index contributed by atoms with van der Waals surface area (Å²) in [5.41, 5.74) is -0.465. The number of amides is 3. The molecule has 6 heteroatoms. The Bertz CT molecular complexity index is 358. The molecule has 21 heavy (non-hydrogen) atoms. The summed E-state index contributed by atoms with van der Waals surface area (Å²) in [5, 5.41) is 2.82. The van der Waals surface area contributed by atoms with Crippen molar-refractivity contribution < 1.29 is 14.3 Å². The highest BCUT2D eigenvalue weighted by Gasteiger charge is 2.26. The Morgan fingerprint density at radius 2 is 1.86 bits per heavy atom. The maximum atomic E-state index is 11.9. The molecule has 0 saturated carbocycles. The van der Waals surface area contributed by atoms with Crippen molar-refractivity contribution in [2.75, 3.05) is 33.2 Å². The Hall–Kier alpha value is -1.46. The Kier molecular flexibility index (Phi) is 6.30. The molecule has 1 rings (SSSR count). The number of carbonyl (C=O) groups excluding carboxylic acids is 2. The van der Waals surface area contributed by atoms with E-state index in [1.165, 1.54) is 0 Å². The predicted octanol–water partition coefficient (Wildman–Crippen LogP) is 2.29. The number of ether oxygens (including phenoxy) is 1. The highest BCUT2D eigenvalue weighted by molar-refractivity contribution is 5.74. The minimum absolute atomic E-state index is 0.0106. The second-order valence-corrected chi connectivity index (χ2v) is 6.63. The fraction of sp³-hybridized carbons (Fsp3) is 0.867. The molecule has 1 fully saturated rings. The van der Waals surface area contributed by atoms with Gasteiger partial charge in [0.25, 0.3) is 0 Å². The second-order valence-electron chi connectivity index (χ2n) is 6.63. The molecule has 0 bridgehead atoms. The van der Waals surface area contributed by atoms with Crippen molar-refractivity contribution in [1.82, 2.24) is 15.1 Å². The number of carbonyl (C=O) groups is 2. The zero-order valence-electron chi connectivity index (χ0n) is 13.9. The Labute approximate surface area is 127 Å². The molecule has 0 unspecified atom stereocenters. The van der Waals surface area contributed by atoms with Crippen LogP contribution in [0.2, 0.25) is 0 Å². The molecule has 0 aromatic heterocycles. The number of hydrogen-bond acceptors (Lipinski definition) is 3. The highest BCUT2D eigenvalue weighted by atomic mass is 16.6. The maximum Gasteiger partial charge on any atom is 0.410 e. The smallest absolute Gasteiger partial charge is 0.410 e. The fourth-order valence-corrected chi connectivity index (χ4v) is 2.38. The number of urea groups is 1.